The average molecular weight is 250 g/mol. The molecule has 0 heterocycles. The molecule has 1 rings (SSSR count). The highest BCUT2D eigenvalue weighted by molar-refractivity contribution is 5.80. The molecule has 4 heteroatoms. The second-order valence-electron chi connectivity index (χ2n) is 4.16. The second-order valence-corrected chi connectivity index (χ2v) is 4.16. The highest BCUT2D eigenvalue weighted by Crippen LogP contribution is 2.17. The number of nitrogens with two attached hydrogens (primary N) is 1. The van der Waals surface area contributed by atoms with Crippen LogP contribution in [0.5, 0.6) is 0 Å². The zero-order valence-electron chi connectivity index (χ0n) is 11.1. The number of hydrogen-bond acceptors (Lipinski definition) is 4. The van der Waals surface area contributed by atoms with Gasteiger partial charge in [0.15, 0.2) is 0 Å². The van der Waals surface area contributed by atoms with Crippen LogP contribution in [0.3, 0.4) is 0 Å². The fourth-order valence-corrected chi connectivity index (χ4v) is 1.90. The van der Waals surface area contributed by atoms with Crippen LogP contribution in [0, 0.1) is 0 Å². The first-order valence-corrected chi connectivity index (χ1v) is 6.34. The van der Waals surface area contributed by atoms with Crippen LogP contribution in [0.1, 0.15) is 19.8 Å². The number of benzene rings is 1. The molecule has 0 radical (unpaired) electrons. The van der Waals surface area contributed by atoms with Crippen molar-refractivity contribution in [3.8, 4) is 0 Å². The SMILES string of the molecule is CCCCN(c1ccccc1)C(CN)C(=O)OC. The summed E-state index contributed by atoms with van der Waals surface area (Å²) in [7, 11) is 1.40. The van der Waals surface area contributed by atoms with Crippen molar-refractivity contribution in [1.82, 2.24) is 0 Å². The predicted molar refractivity (Wildman–Crippen MR) is 73.6 cm³/mol. The van der Waals surface area contributed by atoms with E-state index in [2.05, 4.69) is 6.92 Å². The summed E-state index contributed by atoms with van der Waals surface area (Å²) in [5.74, 6) is -0.280. The summed E-state index contributed by atoms with van der Waals surface area (Å²) in [6, 6.07) is 9.43. The third-order valence-corrected chi connectivity index (χ3v) is 2.91. The lowest BCUT2D eigenvalue weighted by Gasteiger charge is -2.31. The van der Waals surface area contributed by atoms with Gasteiger partial charge in [-0.1, -0.05) is 31.5 Å². The van der Waals surface area contributed by atoms with Crippen molar-refractivity contribution in [2.45, 2.75) is 25.8 Å². The molecule has 4 nitrogen and oxygen atoms in total. The van der Waals surface area contributed by atoms with E-state index in [-0.39, 0.29) is 12.5 Å². The minimum atomic E-state index is -0.413. The van der Waals surface area contributed by atoms with Crippen molar-refractivity contribution in [1.29, 1.82) is 0 Å². The summed E-state index contributed by atoms with van der Waals surface area (Å²) in [6.07, 6.45) is 2.09. The van der Waals surface area contributed by atoms with Crippen LogP contribution in [0.4, 0.5) is 5.69 Å². The van der Waals surface area contributed by atoms with Crippen LogP contribution in [-0.4, -0.2) is 32.2 Å². The Morgan fingerprint density at radius 1 is 1.39 bits per heavy atom. The monoisotopic (exact) mass is 250 g/mol. The van der Waals surface area contributed by atoms with E-state index < -0.39 is 6.04 Å². The quantitative estimate of drug-likeness (QED) is 0.750. The van der Waals surface area contributed by atoms with Crippen LogP contribution >= 0.6 is 0 Å². The normalized spacial score (nSPS) is 11.9. The lowest BCUT2D eigenvalue weighted by atomic mass is 10.1. The number of nitrogens with zero attached hydrogens (tertiary/aromatic N) is 1. The van der Waals surface area contributed by atoms with Gasteiger partial charge in [0.1, 0.15) is 6.04 Å². The van der Waals surface area contributed by atoms with Gasteiger partial charge < -0.3 is 15.4 Å². The van der Waals surface area contributed by atoms with Crippen molar-refractivity contribution in [3.05, 3.63) is 30.3 Å². The van der Waals surface area contributed by atoms with E-state index in [1.54, 1.807) is 0 Å². The summed E-state index contributed by atoms with van der Waals surface area (Å²) in [5.41, 5.74) is 6.72. The van der Waals surface area contributed by atoms with E-state index in [1.165, 1.54) is 7.11 Å². The lowest BCUT2D eigenvalue weighted by Crippen LogP contribution is -2.47. The number of hydrogen-bond donors (Lipinski definition) is 1. The Morgan fingerprint density at radius 3 is 2.56 bits per heavy atom. The fourth-order valence-electron chi connectivity index (χ4n) is 1.90. The van der Waals surface area contributed by atoms with Gasteiger partial charge in [0.05, 0.1) is 7.11 Å². The maximum absolute atomic E-state index is 11.8. The van der Waals surface area contributed by atoms with Crippen molar-refractivity contribution < 1.29 is 9.53 Å². The summed E-state index contributed by atoms with van der Waals surface area (Å²) >= 11 is 0. The first kappa shape index (κ1) is 14.5. The van der Waals surface area contributed by atoms with Gasteiger partial charge in [-0.3, -0.25) is 0 Å². The molecule has 1 unspecified atom stereocenters. The van der Waals surface area contributed by atoms with Crippen LogP contribution in [0.2, 0.25) is 0 Å². The highest BCUT2D eigenvalue weighted by Gasteiger charge is 2.25. The molecular weight excluding hydrogens is 228 g/mol. The fraction of sp³-hybridized carbons (Fsp3) is 0.500. The van der Waals surface area contributed by atoms with Gasteiger partial charge in [-0.05, 0) is 18.6 Å². The Labute approximate surface area is 109 Å². The van der Waals surface area contributed by atoms with Gasteiger partial charge in [0, 0.05) is 18.8 Å². The van der Waals surface area contributed by atoms with Gasteiger partial charge in [0.25, 0.3) is 0 Å². The summed E-state index contributed by atoms with van der Waals surface area (Å²) in [6.45, 7) is 3.18. The van der Waals surface area contributed by atoms with Gasteiger partial charge in [-0.2, -0.15) is 0 Å². The number of rotatable bonds is 7. The van der Waals surface area contributed by atoms with Crippen molar-refractivity contribution in [2.24, 2.45) is 5.73 Å². The molecule has 0 spiro atoms. The Kier molecular flexibility index (Phi) is 6.22. The summed E-state index contributed by atoms with van der Waals surface area (Å²) in [4.78, 5) is 13.8. The molecule has 0 aliphatic heterocycles. The molecule has 0 aromatic heterocycles. The molecule has 1 atom stereocenters. The summed E-state index contributed by atoms with van der Waals surface area (Å²) < 4.78 is 4.83. The van der Waals surface area contributed by atoms with Crippen molar-refractivity contribution in [2.75, 3.05) is 25.1 Å². The maximum Gasteiger partial charge on any atom is 0.329 e. The van der Waals surface area contributed by atoms with Crippen LogP contribution < -0.4 is 10.6 Å². The molecule has 0 amide bonds. The third-order valence-electron chi connectivity index (χ3n) is 2.91. The Bertz CT molecular complexity index is 354. The smallest absolute Gasteiger partial charge is 0.329 e. The topological polar surface area (TPSA) is 55.6 Å². The largest absolute Gasteiger partial charge is 0.467 e. The van der Waals surface area contributed by atoms with E-state index in [0.717, 1.165) is 25.1 Å². The Balaban J connectivity index is 2.92. The van der Waals surface area contributed by atoms with Crippen molar-refractivity contribution >= 4 is 11.7 Å². The number of carbonyl (C=O) groups excluding carboxylic acids is 1. The van der Waals surface area contributed by atoms with Crippen molar-refractivity contribution in [3.63, 3.8) is 0 Å². The van der Waals surface area contributed by atoms with E-state index >= 15 is 0 Å². The third kappa shape index (κ3) is 3.74. The van der Waals surface area contributed by atoms with Gasteiger partial charge >= 0.3 is 5.97 Å². The molecule has 0 fully saturated rings. The molecule has 0 saturated heterocycles. The first-order valence-electron chi connectivity index (χ1n) is 6.34. The number of esters is 1. The van der Waals surface area contributed by atoms with Crippen LogP contribution in [-0.2, 0) is 9.53 Å². The molecule has 0 aliphatic rings. The van der Waals surface area contributed by atoms with Gasteiger partial charge in [-0.25, -0.2) is 4.79 Å². The highest BCUT2D eigenvalue weighted by atomic mass is 16.5. The van der Waals surface area contributed by atoms with E-state index in [4.69, 9.17) is 10.5 Å². The molecule has 1 aromatic rings. The molecule has 0 aliphatic carbocycles. The second kappa shape index (κ2) is 7.71. The Hall–Kier alpha value is -1.55. The van der Waals surface area contributed by atoms with Crippen LogP contribution in [0.15, 0.2) is 30.3 Å². The zero-order valence-corrected chi connectivity index (χ0v) is 11.1. The lowest BCUT2D eigenvalue weighted by molar-refractivity contribution is -0.142. The Morgan fingerprint density at radius 2 is 2.06 bits per heavy atom. The number of anilines is 1. The number of carbonyl (C=O) groups is 1. The molecule has 18 heavy (non-hydrogen) atoms. The molecular formula is C14H22N2O2. The predicted octanol–water partition coefficient (Wildman–Crippen LogP) is 1.79. The summed E-state index contributed by atoms with van der Waals surface area (Å²) in [5, 5.41) is 0. The number of unbranched alkanes of at least 4 members (excludes halogenated alkanes) is 1. The average Bonchev–Trinajstić information content (AvgIpc) is 2.43. The van der Waals surface area contributed by atoms with Crippen LogP contribution in [0.25, 0.3) is 0 Å². The minimum Gasteiger partial charge on any atom is -0.467 e. The molecule has 2 N–H and O–H groups in total. The van der Waals surface area contributed by atoms with Gasteiger partial charge in [-0.15, -0.1) is 0 Å². The van der Waals surface area contributed by atoms with Gasteiger partial charge in [0.2, 0.25) is 0 Å². The molecule has 0 saturated carbocycles. The molecule has 1 aromatic carbocycles. The van der Waals surface area contributed by atoms with E-state index in [0.29, 0.717) is 0 Å². The van der Waals surface area contributed by atoms with E-state index in [9.17, 15) is 4.79 Å². The first-order chi connectivity index (χ1) is 8.74. The standard InChI is InChI=1S/C14H22N2O2/c1-3-4-10-16(12-8-6-5-7-9-12)13(11-15)14(17)18-2/h5-9,13H,3-4,10-11,15H2,1-2H3. The number of ether oxygens (including phenoxy) is 1. The van der Waals surface area contributed by atoms with E-state index in [1.807, 2.05) is 35.2 Å². The molecule has 0 bridgehead atoms. The molecule has 100 valence electrons. The number of methoxy groups -OCH3 is 1. The zero-order chi connectivity index (χ0) is 13.4. The maximum atomic E-state index is 11.8. The number of para-hydroxylation sites is 1. The minimum absolute atomic E-state index is 0.255.